The van der Waals surface area contributed by atoms with Gasteiger partial charge in [0, 0.05) is 22.8 Å². The van der Waals surface area contributed by atoms with Crippen LogP contribution in [0.2, 0.25) is 5.02 Å². The first-order valence-corrected chi connectivity index (χ1v) is 18.0. The van der Waals surface area contributed by atoms with Crippen LogP contribution in [0.3, 0.4) is 0 Å². The Kier molecular flexibility index (Phi) is 10.3. The molecule has 1 fully saturated rings. The van der Waals surface area contributed by atoms with Crippen molar-refractivity contribution in [2.75, 3.05) is 18.1 Å². The van der Waals surface area contributed by atoms with E-state index in [1.165, 1.54) is 28.0 Å². The molecule has 0 aliphatic carbocycles. The number of nitrogens with zero attached hydrogens (tertiary/aromatic N) is 3. The Morgan fingerprint density at radius 3 is 2.69 bits per heavy atom. The van der Waals surface area contributed by atoms with Crippen LogP contribution >= 0.6 is 34.7 Å². The molecule has 1 aromatic heterocycles. The average molecular weight is 706 g/mol. The Bertz CT molecular complexity index is 1880. The van der Waals surface area contributed by atoms with Gasteiger partial charge in [-0.05, 0) is 79.3 Å². The van der Waals surface area contributed by atoms with E-state index < -0.39 is 17.7 Å². The first-order chi connectivity index (χ1) is 23.1. The van der Waals surface area contributed by atoms with E-state index in [1.807, 2.05) is 44.2 Å². The lowest BCUT2D eigenvalue weighted by atomic mass is 9.94. The Labute approximate surface area is 292 Å². The molecule has 1 amide bonds. The van der Waals surface area contributed by atoms with Crippen LogP contribution in [-0.2, 0) is 21.8 Å². The molecule has 12 heteroatoms. The number of rotatable bonds is 12. The van der Waals surface area contributed by atoms with Gasteiger partial charge in [0.2, 0.25) is 5.13 Å². The molecule has 1 N–H and O–H groups in total. The molecule has 0 bridgehead atoms. The van der Waals surface area contributed by atoms with Gasteiger partial charge in [-0.15, -0.1) is 10.2 Å². The number of ether oxygens (including phenoxy) is 3. The first kappa shape index (κ1) is 33.8. The molecule has 0 radical (unpaired) electrons. The maximum atomic E-state index is 13.9. The predicted molar refractivity (Wildman–Crippen MR) is 189 cm³/mol. The van der Waals surface area contributed by atoms with Gasteiger partial charge in [-0.1, -0.05) is 72.8 Å². The number of halogens is 1. The van der Waals surface area contributed by atoms with Crippen molar-refractivity contribution >= 4 is 57.3 Å². The molecular weight excluding hydrogens is 670 g/mol. The first-order valence-electron chi connectivity index (χ1n) is 15.8. The molecule has 9 nitrogen and oxygen atoms in total. The van der Waals surface area contributed by atoms with Crippen LogP contribution in [0, 0.1) is 5.92 Å². The number of hydrogen-bond donors (Lipinski definition) is 1. The normalized spacial score (nSPS) is 18.3. The number of aliphatic hydroxyl groups is 1. The molecule has 1 saturated heterocycles. The second-order valence-electron chi connectivity index (χ2n) is 12.0. The second kappa shape index (κ2) is 14.6. The van der Waals surface area contributed by atoms with Gasteiger partial charge in [-0.3, -0.25) is 14.5 Å². The third kappa shape index (κ3) is 7.04. The molecule has 3 heterocycles. The lowest BCUT2D eigenvalue weighted by Crippen LogP contribution is -2.29. The van der Waals surface area contributed by atoms with Crippen LogP contribution in [0.25, 0.3) is 5.76 Å². The van der Waals surface area contributed by atoms with E-state index in [9.17, 15) is 14.7 Å². The molecule has 250 valence electrons. The van der Waals surface area contributed by atoms with E-state index in [1.54, 1.807) is 30.3 Å². The summed E-state index contributed by atoms with van der Waals surface area (Å²) in [6.07, 6.45) is 1.54. The minimum absolute atomic E-state index is 0.00335. The summed E-state index contributed by atoms with van der Waals surface area (Å²) >= 11 is 8.97. The third-order valence-corrected chi connectivity index (χ3v) is 10.5. The van der Waals surface area contributed by atoms with Gasteiger partial charge in [0.25, 0.3) is 5.78 Å². The van der Waals surface area contributed by atoms with Crippen molar-refractivity contribution in [1.29, 1.82) is 0 Å². The summed E-state index contributed by atoms with van der Waals surface area (Å²) in [5.41, 5.74) is 2.77. The molecule has 3 aromatic carbocycles. The zero-order valence-corrected chi connectivity index (χ0v) is 29.5. The van der Waals surface area contributed by atoms with Crippen molar-refractivity contribution in [1.82, 2.24) is 10.2 Å². The summed E-state index contributed by atoms with van der Waals surface area (Å²) in [6, 6.07) is 17.2. The van der Waals surface area contributed by atoms with E-state index >= 15 is 0 Å². The van der Waals surface area contributed by atoms with Crippen molar-refractivity contribution < 1.29 is 28.9 Å². The lowest BCUT2D eigenvalue weighted by Gasteiger charge is -2.24. The highest BCUT2D eigenvalue weighted by Gasteiger charge is 2.48. The lowest BCUT2D eigenvalue weighted by molar-refractivity contribution is -0.132. The highest BCUT2D eigenvalue weighted by atomic mass is 35.5. The van der Waals surface area contributed by atoms with Crippen LogP contribution in [0.1, 0.15) is 62.4 Å². The summed E-state index contributed by atoms with van der Waals surface area (Å²) in [6.45, 7) is 8.99. The number of hydrogen-bond acceptors (Lipinski definition) is 10. The number of Topliss-reactive ketones (excluding diaryl/α,β-unsaturated/α-hetero) is 1. The summed E-state index contributed by atoms with van der Waals surface area (Å²) < 4.78 is 18.5. The van der Waals surface area contributed by atoms with Gasteiger partial charge in [0.15, 0.2) is 15.8 Å². The standard InChI is InChI=1S/C36H36ClN3O6S2/c1-5-44-29-18-22(10-13-28(29)45-15-14-20(2)3)31-30(32(41)23-11-12-27-25(17-23)16-21(4)46-27)33(42)34(43)40(31)35-38-39-36(48-35)47-19-24-8-6-7-9-26(24)37/h6-13,17-18,20-21,31,41H,5,14-16,19H2,1-4H3/t21-,31-/m1/s1. The van der Waals surface area contributed by atoms with Crippen LogP contribution in [0.4, 0.5) is 5.13 Å². The van der Waals surface area contributed by atoms with E-state index in [0.717, 1.165) is 23.3 Å². The molecule has 6 rings (SSSR count). The number of aliphatic hydroxyl groups excluding tert-OH is 1. The topological polar surface area (TPSA) is 111 Å². The van der Waals surface area contributed by atoms with Crippen LogP contribution in [0.15, 0.2) is 70.6 Å². The summed E-state index contributed by atoms with van der Waals surface area (Å²) in [5.74, 6) is 0.867. The van der Waals surface area contributed by atoms with Crippen LogP contribution in [0.5, 0.6) is 17.2 Å². The number of benzene rings is 3. The highest BCUT2D eigenvalue weighted by molar-refractivity contribution is 8.00. The van der Waals surface area contributed by atoms with E-state index in [4.69, 9.17) is 25.8 Å². The number of amides is 1. The van der Waals surface area contributed by atoms with Crippen molar-refractivity contribution in [2.45, 2.75) is 62.8 Å². The molecule has 0 saturated carbocycles. The quantitative estimate of drug-likeness (QED) is 0.0512. The fraction of sp³-hybridized carbons (Fsp3) is 0.333. The van der Waals surface area contributed by atoms with Crippen LogP contribution < -0.4 is 19.1 Å². The zero-order chi connectivity index (χ0) is 33.9. The largest absolute Gasteiger partial charge is 0.507 e. The fourth-order valence-electron chi connectivity index (χ4n) is 5.67. The van der Waals surface area contributed by atoms with E-state index in [-0.39, 0.29) is 22.6 Å². The van der Waals surface area contributed by atoms with Crippen molar-refractivity contribution in [3.05, 3.63) is 93.5 Å². The van der Waals surface area contributed by atoms with Crippen molar-refractivity contribution in [3.8, 4) is 17.2 Å². The van der Waals surface area contributed by atoms with Gasteiger partial charge in [0.05, 0.1) is 24.8 Å². The number of anilines is 1. The fourth-order valence-corrected chi connectivity index (χ4v) is 7.82. The average Bonchev–Trinajstić information content (AvgIpc) is 3.75. The Morgan fingerprint density at radius 2 is 1.92 bits per heavy atom. The number of aromatic nitrogens is 2. The summed E-state index contributed by atoms with van der Waals surface area (Å²) in [7, 11) is 0. The minimum Gasteiger partial charge on any atom is -0.507 e. The van der Waals surface area contributed by atoms with Crippen molar-refractivity contribution in [2.24, 2.45) is 5.92 Å². The van der Waals surface area contributed by atoms with Gasteiger partial charge in [0.1, 0.15) is 17.6 Å². The summed E-state index contributed by atoms with van der Waals surface area (Å²) in [4.78, 5) is 29.0. The molecule has 48 heavy (non-hydrogen) atoms. The molecule has 2 aliphatic heterocycles. The predicted octanol–water partition coefficient (Wildman–Crippen LogP) is 8.26. The molecular formula is C36H36ClN3O6S2. The number of carbonyl (C=O) groups excluding carboxylic acids is 2. The maximum absolute atomic E-state index is 13.9. The van der Waals surface area contributed by atoms with Crippen LogP contribution in [-0.4, -0.2) is 46.3 Å². The number of ketones is 1. The Balaban J connectivity index is 1.41. The smallest absolute Gasteiger partial charge is 0.301 e. The Hall–Kier alpha value is -4.06. The molecule has 2 atom stereocenters. The molecule has 4 aromatic rings. The Morgan fingerprint density at radius 1 is 1.10 bits per heavy atom. The number of thioether (sulfide) groups is 1. The second-order valence-corrected chi connectivity index (χ2v) is 14.6. The van der Waals surface area contributed by atoms with Gasteiger partial charge >= 0.3 is 5.91 Å². The van der Waals surface area contributed by atoms with E-state index in [2.05, 4.69) is 24.0 Å². The molecule has 0 unspecified atom stereocenters. The highest BCUT2D eigenvalue weighted by Crippen LogP contribution is 2.46. The minimum atomic E-state index is -1.01. The molecule has 0 spiro atoms. The summed E-state index contributed by atoms with van der Waals surface area (Å²) in [5, 5.41) is 21.3. The zero-order valence-electron chi connectivity index (χ0n) is 27.1. The number of carbonyl (C=O) groups is 2. The molecule has 2 aliphatic rings. The van der Waals surface area contributed by atoms with Gasteiger partial charge in [-0.2, -0.15) is 0 Å². The SMILES string of the molecule is CCOc1cc([C@@H]2C(=C(O)c3ccc4c(c3)C[C@@H](C)O4)C(=O)C(=O)N2c2nnc(SCc3ccccc3Cl)s2)ccc1OCCC(C)C. The van der Waals surface area contributed by atoms with Crippen molar-refractivity contribution in [3.63, 3.8) is 0 Å². The monoisotopic (exact) mass is 705 g/mol. The van der Waals surface area contributed by atoms with E-state index in [0.29, 0.717) is 63.3 Å². The van der Waals surface area contributed by atoms with Gasteiger partial charge < -0.3 is 19.3 Å². The maximum Gasteiger partial charge on any atom is 0.301 e. The third-order valence-electron chi connectivity index (χ3n) is 8.06. The number of fused-ring (bicyclic) bond motifs is 1. The van der Waals surface area contributed by atoms with Gasteiger partial charge in [-0.25, -0.2) is 0 Å².